The average Bonchev–Trinajstić information content (AvgIpc) is 3.52. The van der Waals surface area contributed by atoms with Crippen molar-refractivity contribution in [2.75, 3.05) is 38.7 Å². The summed E-state index contributed by atoms with van der Waals surface area (Å²) in [5, 5.41) is 17.5. The fraction of sp³-hybridized carbons (Fsp3) is 0.500. The van der Waals surface area contributed by atoms with Crippen molar-refractivity contribution in [1.29, 1.82) is 0 Å². The van der Waals surface area contributed by atoms with Crippen LogP contribution in [0.5, 0.6) is 5.75 Å². The molecule has 170 valence electrons. The Hall–Kier alpha value is -3.11. The molecule has 1 atom stereocenters. The van der Waals surface area contributed by atoms with Crippen LogP contribution in [-0.4, -0.2) is 74.8 Å². The lowest BCUT2D eigenvalue weighted by molar-refractivity contribution is 0.00569. The maximum atomic E-state index is 12.7. The van der Waals surface area contributed by atoms with E-state index in [1.54, 1.807) is 18.9 Å². The van der Waals surface area contributed by atoms with Crippen molar-refractivity contribution in [1.82, 2.24) is 24.6 Å². The number of nitrogens with zero attached hydrogens (tertiary/aromatic N) is 4. The number of aromatic amines is 1. The van der Waals surface area contributed by atoms with Gasteiger partial charge in [0.05, 0.1) is 37.1 Å². The molecule has 2 saturated heterocycles. The minimum Gasteiger partial charge on any atom is -0.494 e. The second-order valence-corrected chi connectivity index (χ2v) is 8.76. The number of hydrogen-bond acceptors (Lipinski definition) is 6. The van der Waals surface area contributed by atoms with Crippen LogP contribution in [0.25, 0.3) is 22.2 Å². The Balaban J connectivity index is 1.42. The van der Waals surface area contributed by atoms with Gasteiger partial charge in [-0.25, -0.2) is 9.78 Å². The molecule has 2 fully saturated rings. The van der Waals surface area contributed by atoms with E-state index < -0.39 is 5.60 Å². The highest BCUT2D eigenvalue weighted by molar-refractivity contribution is 5.98. The summed E-state index contributed by atoms with van der Waals surface area (Å²) < 4.78 is 12.9. The van der Waals surface area contributed by atoms with Crippen LogP contribution >= 0.6 is 0 Å². The minimum absolute atomic E-state index is 0.242. The lowest BCUT2D eigenvalue weighted by Gasteiger charge is -2.35. The number of rotatable bonds is 4. The fourth-order valence-corrected chi connectivity index (χ4v) is 4.31. The first-order valence-electron chi connectivity index (χ1n) is 10.9. The monoisotopic (exact) mass is 440 g/mol. The number of ether oxygens (including phenoxy) is 2. The second-order valence-electron chi connectivity index (χ2n) is 8.76. The summed E-state index contributed by atoms with van der Waals surface area (Å²) in [5.41, 5.74) is 2.56. The van der Waals surface area contributed by atoms with Gasteiger partial charge in [-0.3, -0.25) is 10.00 Å². The molecule has 2 aromatic heterocycles. The summed E-state index contributed by atoms with van der Waals surface area (Å²) in [5.74, 6) is 0.968. The first-order valence-corrected chi connectivity index (χ1v) is 10.9. The normalized spacial score (nSPS) is 20.6. The fourth-order valence-electron chi connectivity index (χ4n) is 4.31. The molecule has 32 heavy (non-hydrogen) atoms. The van der Waals surface area contributed by atoms with E-state index in [-0.39, 0.29) is 12.1 Å². The van der Waals surface area contributed by atoms with Gasteiger partial charge in [-0.2, -0.15) is 5.10 Å². The number of piperidine rings is 1. The summed E-state index contributed by atoms with van der Waals surface area (Å²) in [6, 6.07) is 3.84. The van der Waals surface area contributed by atoms with E-state index in [4.69, 9.17) is 9.47 Å². The molecular weight excluding hydrogens is 412 g/mol. The third kappa shape index (κ3) is 3.91. The van der Waals surface area contributed by atoms with Crippen molar-refractivity contribution >= 4 is 23.0 Å². The predicted molar refractivity (Wildman–Crippen MR) is 119 cm³/mol. The second kappa shape index (κ2) is 8.10. The number of imidazole rings is 1. The Morgan fingerprint density at radius 1 is 1.38 bits per heavy atom. The molecule has 2 aliphatic rings. The zero-order valence-corrected chi connectivity index (χ0v) is 18.3. The number of carbonyl (C=O) groups excluding carboxylic acids is 1. The number of anilines is 1. The summed E-state index contributed by atoms with van der Waals surface area (Å²) in [4.78, 5) is 22.2. The number of likely N-dealkylation sites (tertiary alicyclic amines) is 1. The van der Waals surface area contributed by atoms with Crippen molar-refractivity contribution in [3.05, 3.63) is 24.5 Å². The van der Waals surface area contributed by atoms with Crippen LogP contribution < -0.4 is 10.1 Å². The van der Waals surface area contributed by atoms with Gasteiger partial charge in [0.15, 0.2) is 0 Å². The van der Waals surface area contributed by atoms with Crippen molar-refractivity contribution in [3.63, 3.8) is 0 Å². The van der Waals surface area contributed by atoms with E-state index >= 15 is 0 Å². The topological polar surface area (TPSA) is 118 Å². The number of fused-ring (bicyclic) bond motifs is 1. The van der Waals surface area contributed by atoms with Gasteiger partial charge in [0.1, 0.15) is 11.3 Å². The van der Waals surface area contributed by atoms with E-state index in [1.165, 1.54) is 0 Å². The van der Waals surface area contributed by atoms with E-state index in [9.17, 15) is 9.90 Å². The van der Waals surface area contributed by atoms with Crippen molar-refractivity contribution in [3.8, 4) is 16.9 Å². The van der Waals surface area contributed by atoms with Gasteiger partial charge in [0.25, 0.3) is 0 Å². The third-order valence-electron chi connectivity index (χ3n) is 6.37. The molecular formula is C22H28N6O4. The van der Waals surface area contributed by atoms with Gasteiger partial charge in [0, 0.05) is 37.0 Å². The van der Waals surface area contributed by atoms with Gasteiger partial charge in [-0.15, -0.1) is 0 Å². The number of urea groups is 1. The molecule has 0 saturated carbocycles. The number of benzene rings is 1. The number of aliphatic hydroxyl groups is 1. The Kier molecular flexibility index (Phi) is 5.26. The number of H-pyrrole nitrogens is 1. The quantitative estimate of drug-likeness (QED) is 0.574. The van der Waals surface area contributed by atoms with Crippen LogP contribution in [0.4, 0.5) is 10.7 Å². The Bertz CT molecular complexity index is 1120. The molecule has 3 aromatic rings. The Morgan fingerprint density at radius 2 is 2.19 bits per heavy atom. The van der Waals surface area contributed by atoms with Gasteiger partial charge in [-0.05, 0) is 38.3 Å². The first-order chi connectivity index (χ1) is 15.4. The van der Waals surface area contributed by atoms with Crippen LogP contribution in [0.15, 0.2) is 24.5 Å². The molecule has 0 aliphatic carbocycles. The average molecular weight is 441 g/mol. The van der Waals surface area contributed by atoms with Gasteiger partial charge in [0.2, 0.25) is 5.95 Å². The van der Waals surface area contributed by atoms with Crippen LogP contribution in [-0.2, 0) is 4.74 Å². The SMILES string of the molecule is COc1ccc(-c2cnn(C3CCOC3)c2)c2[nH]c(NC(=O)N3CCC(C)(O)CC3)nc12. The molecule has 10 heteroatoms. The van der Waals surface area contributed by atoms with Crippen LogP contribution in [0.3, 0.4) is 0 Å². The highest BCUT2D eigenvalue weighted by Gasteiger charge is 2.30. The zero-order chi connectivity index (χ0) is 22.3. The first kappa shape index (κ1) is 20.8. The number of carbonyl (C=O) groups is 1. The van der Waals surface area contributed by atoms with E-state index in [0.29, 0.717) is 49.8 Å². The standard InChI is InChI=1S/C22H28N6O4/c1-22(30)6-8-27(9-7-22)21(29)26-20-24-18-16(3-4-17(31-2)19(18)25-20)14-11-23-28(12-14)15-5-10-32-13-15/h3-4,11-12,15,30H,5-10,13H2,1-2H3,(H2,24,25,26,29). The molecule has 1 unspecified atom stereocenters. The van der Waals surface area contributed by atoms with Crippen LogP contribution in [0.1, 0.15) is 32.2 Å². The number of hydrogen-bond donors (Lipinski definition) is 3. The Morgan fingerprint density at radius 3 is 2.91 bits per heavy atom. The lowest BCUT2D eigenvalue weighted by Crippen LogP contribution is -2.46. The molecule has 4 heterocycles. The smallest absolute Gasteiger partial charge is 0.324 e. The molecule has 5 rings (SSSR count). The molecule has 3 N–H and O–H groups in total. The van der Waals surface area contributed by atoms with Gasteiger partial charge >= 0.3 is 6.03 Å². The molecule has 0 bridgehead atoms. The van der Waals surface area contributed by atoms with E-state index in [2.05, 4.69) is 20.4 Å². The van der Waals surface area contributed by atoms with Crippen molar-refractivity contribution < 1.29 is 19.4 Å². The summed E-state index contributed by atoms with van der Waals surface area (Å²) in [6.07, 6.45) is 5.89. The number of nitrogens with one attached hydrogen (secondary N) is 2. The predicted octanol–water partition coefficient (Wildman–Crippen LogP) is 2.78. The third-order valence-corrected chi connectivity index (χ3v) is 6.37. The largest absolute Gasteiger partial charge is 0.494 e. The molecule has 1 aromatic carbocycles. The maximum Gasteiger partial charge on any atom is 0.324 e. The Labute approximate surface area is 185 Å². The number of aromatic nitrogens is 4. The highest BCUT2D eigenvalue weighted by atomic mass is 16.5. The van der Waals surface area contributed by atoms with E-state index in [0.717, 1.165) is 29.7 Å². The number of methoxy groups -OCH3 is 1. The summed E-state index contributed by atoms with van der Waals surface area (Å²) in [7, 11) is 1.60. The summed E-state index contributed by atoms with van der Waals surface area (Å²) in [6.45, 7) is 4.22. The molecule has 0 radical (unpaired) electrons. The molecule has 10 nitrogen and oxygen atoms in total. The van der Waals surface area contributed by atoms with Gasteiger partial charge < -0.3 is 24.5 Å². The highest BCUT2D eigenvalue weighted by Crippen LogP contribution is 2.34. The maximum absolute atomic E-state index is 12.7. The van der Waals surface area contributed by atoms with Crippen LogP contribution in [0.2, 0.25) is 0 Å². The van der Waals surface area contributed by atoms with Crippen molar-refractivity contribution in [2.45, 2.75) is 37.8 Å². The molecule has 2 amide bonds. The summed E-state index contributed by atoms with van der Waals surface area (Å²) >= 11 is 0. The van der Waals surface area contributed by atoms with Crippen LogP contribution in [0, 0.1) is 0 Å². The zero-order valence-electron chi connectivity index (χ0n) is 18.3. The van der Waals surface area contributed by atoms with Gasteiger partial charge in [-0.1, -0.05) is 0 Å². The minimum atomic E-state index is -0.715. The molecule has 0 spiro atoms. The van der Waals surface area contributed by atoms with Crippen molar-refractivity contribution in [2.24, 2.45) is 0 Å². The molecule has 2 aliphatic heterocycles. The van der Waals surface area contributed by atoms with E-state index in [1.807, 2.05) is 29.2 Å². The number of amides is 2. The lowest BCUT2D eigenvalue weighted by atomic mass is 9.94.